The number of aryl methyl sites for hydroxylation is 1. The average molecular weight is 213 g/mol. The van der Waals surface area contributed by atoms with Crippen LogP contribution in [0.25, 0.3) is 0 Å². The number of thioether (sulfide) groups is 1. The molecule has 2 N–H and O–H groups in total. The molecule has 0 aliphatic carbocycles. The van der Waals surface area contributed by atoms with Crippen molar-refractivity contribution in [2.24, 2.45) is 0 Å². The molecule has 1 aromatic rings. The van der Waals surface area contributed by atoms with Crippen molar-refractivity contribution in [3.8, 4) is 5.75 Å². The van der Waals surface area contributed by atoms with Gasteiger partial charge in [0.25, 0.3) is 0 Å². The second-order valence-electron chi connectivity index (χ2n) is 2.94. The summed E-state index contributed by atoms with van der Waals surface area (Å²) < 4.78 is 0. The zero-order valence-electron chi connectivity index (χ0n) is 8.63. The molecule has 0 unspecified atom stereocenters. The van der Waals surface area contributed by atoms with Gasteiger partial charge in [0.15, 0.2) is 0 Å². The van der Waals surface area contributed by atoms with Crippen LogP contribution >= 0.6 is 11.8 Å². The first-order valence-electron chi connectivity index (χ1n) is 4.32. The molecular weight excluding hydrogens is 198 g/mol. The molecule has 0 bridgehead atoms. The summed E-state index contributed by atoms with van der Waals surface area (Å²) in [7, 11) is 1.56. The second-order valence-corrected chi connectivity index (χ2v) is 3.79. The highest BCUT2D eigenvalue weighted by Gasteiger charge is 2.09. The van der Waals surface area contributed by atoms with Crippen molar-refractivity contribution in [2.75, 3.05) is 13.4 Å². The summed E-state index contributed by atoms with van der Waals surface area (Å²) in [5, 5.41) is 9.83. The molecule has 0 aromatic heterocycles. The lowest BCUT2D eigenvalue weighted by Gasteiger charge is -2.11. The maximum Gasteiger partial charge on any atom is 0.124 e. The molecule has 78 valence electrons. The molecule has 0 saturated heterocycles. The Labute approximate surface area is 88.4 Å². The van der Waals surface area contributed by atoms with E-state index < -0.39 is 0 Å². The normalized spacial score (nSPS) is 10.5. The lowest BCUT2D eigenvalue weighted by atomic mass is 10.1. The van der Waals surface area contributed by atoms with Gasteiger partial charge in [-0.15, -0.1) is 11.8 Å². The number of phenolic OH excluding ortho intramolecular Hbond substituents is 1. The number of phenols is 1. The van der Waals surface area contributed by atoms with Gasteiger partial charge in [0.1, 0.15) is 5.75 Å². The van der Waals surface area contributed by atoms with E-state index in [0.29, 0.717) is 12.3 Å². The van der Waals surface area contributed by atoms with Gasteiger partial charge in [-0.3, -0.25) is 0 Å². The number of nitrogens with one attached hydrogen (secondary N) is 1. The van der Waals surface area contributed by atoms with Crippen LogP contribution in [0.3, 0.4) is 0 Å². The third kappa shape index (κ3) is 2.41. The topological polar surface area (TPSA) is 41.5 Å². The molecule has 1 aromatic carbocycles. The number of hydrogen-bond acceptors (Lipinski definition) is 4. The van der Waals surface area contributed by atoms with Gasteiger partial charge >= 0.3 is 0 Å². The first-order valence-corrected chi connectivity index (χ1v) is 5.54. The van der Waals surface area contributed by atoms with Crippen molar-refractivity contribution in [3.63, 3.8) is 0 Å². The number of hydrogen-bond donors (Lipinski definition) is 2. The molecule has 0 aliphatic heterocycles. The highest BCUT2D eigenvalue weighted by molar-refractivity contribution is 7.98. The Hall–Kier alpha value is -0.710. The van der Waals surface area contributed by atoms with Crippen molar-refractivity contribution in [2.45, 2.75) is 18.4 Å². The van der Waals surface area contributed by atoms with E-state index in [1.807, 2.05) is 25.3 Å². The Kier molecular flexibility index (Phi) is 4.25. The minimum Gasteiger partial charge on any atom is -0.507 e. The van der Waals surface area contributed by atoms with Crippen LogP contribution in [0.1, 0.15) is 11.1 Å². The van der Waals surface area contributed by atoms with E-state index in [2.05, 4.69) is 5.48 Å². The monoisotopic (exact) mass is 213 g/mol. The lowest BCUT2D eigenvalue weighted by Crippen LogP contribution is -2.11. The van der Waals surface area contributed by atoms with Crippen molar-refractivity contribution in [1.29, 1.82) is 0 Å². The molecule has 1 rings (SSSR count). The van der Waals surface area contributed by atoms with E-state index in [-0.39, 0.29) is 0 Å². The predicted octanol–water partition coefficient (Wildman–Crippen LogP) is 2.07. The van der Waals surface area contributed by atoms with Gasteiger partial charge in [0.05, 0.1) is 13.7 Å². The summed E-state index contributed by atoms with van der Waals surface area (Å²) in [5.41, 5.74) is 4.51. The van der Waals surface area contributed by atoms with Gasteiger partial charge in [-0.1, -0.05) is 6.07 Å². The summed E-state index contributed by atoms with van der Waals surface area (Å²) >= 11 is 1.61. The summed E-state index contributed by atoms with van der Waals surface area (Å²) in [6.45, 7) is 2.40. The Morgan fingerprint density at radius 3 is 2.79 bits per heavy atom. The molecule has 0 spiro atoms. The maximum atomic E-state index is 9.83. The van der Waals surface area contributed by atoms with E-state index in [1.165, 1.54) is 0 Å². The van der Waals surface area contributed by atoms with Crippen LogP contribution in [-0.2, 0) is 11.4 Å². The molecule has 0 radical (unpaired) electrons. The second kappa shape index (κ2) is 5.24. The van der Waals surface area contributed by atoms with Crippen LogP contribution in [0.15, 0.2) is 17.0 Å². The molecule has 14 heavy (non-hydrogen) atoms. The minimum atomic E-state index is 0.349. The van der Waals surface area contributed by atoms with E-state index in [4.69, 9.17) is 4.84 Å². The SMILES string of the molecule is CONCc1c(SC)ccc(C)c1O. The number of aromatic hydroxyl groups is 1. The molecule has 0 heterocycles. The quantitative estimate of drug-likeness (QED) is 0.593. The maximum absolute atomic E-state index is 9.83. The fourth-order valence-electron chi connectivity index (χ4n) is 1.24. The largest absolute Gasteiger partial charge is 0.507 e. The highest BCUT2D eigenvalue weighted by Crippen LogP contribution is 2.30. The van der Waals surface area contributed by atoms with Gasteiger partial charge in [-0.2, -0.15) is 5.48 Å². The molecule has 0 amide bonds. The van der Waals surface area contributed by atoms with Gasteiger partial charge in [0.2, 0.25) is 0 Å². The van der Waals surface area contributed by atoms with Gasteiger partial charge in [-0.05, 0) is 24.8 Å². The predicted molar refractivity (Wildman–Crippen MR) is 58.5 cm³/mol. The zero-order valence-corrected chi connectivity index (χ0v) is 9.44. The van der Waals surface area contributed by atoms with Crippen LogP contribution in [0.2, 0.25) is 0 Å². The summed E-state index contributed by atoms with van der Waals surface area (Å²) in [5.74, 6) is 0.349. The molecule has 4 heteroatoms. The first-order chi connectivity index (χ1) is 6.70. The summed E-state index contributed by atoms with van der Waals surface area (Å²) in [6, 6.07) is 3.92. The molecule has 0 fully saturated rings. The Morgan fingerprint density at radius 2 is 2.21 bits per heavy atom. The third-order valence-electron chi connectivity index (χ3n) is 2.05. The van der Waals surface area contributed by atoms with E-state index in [9.17, 15) is 5.11 Å². The smallest absolute Gasteiger partial charge is 0.124 e. The third-order valence-corrected chi connectivity index (χ3v) is 2.88. The lowest BCUT2D eigenvalue weighted by molar-refractivity contribution is 0.0856. The van der Waals surface area contributed by atoms with Gasteiger partial charge < -0.3 is 9.94 Å². The van der Waals surface area contributed by atoms with Crippen LogP contribution in [0.5, 0.6) is 5.75 Å². The average Bonchev–Trinajstić information content (AvgIpc) is 2.20. The van der Waals surface area contributed by atoms with Crippen molar-refractivity contribution in [3.05, 3.63) is 23.3 Å². The number of rotatable bonds is 4. The zero-order chi connectivity index (χ0) is 10.6. The molecule has 0 saturated carbocycles. The van der Waals surface area contributed by atoms with Crippen LogP contribution in [0.4, 0.5) is 0 Å². The van der Waals surface area contributed by atoms with E-state index >= 15 is 0 Å². The van der Waals surface area contributed by atoms with Crippen molar-refractivity contribution >= 4 is 11.8 Å². The van der Waals surface area contributed by atoms with E-state index in [0.717, 1.165) is 16.0 Å². The molecule has 0 aliphatic rings. The van der Waals surface area contributed by atoms with Gasteiger partial charge in [0, 0.05) is 10.5 Å². The Morgan fingerprint density at radius 1 is 1.50 bits per heavy atom. The first kappa shape index (κ1) is 11.4. The van der Waals surface area contributed by atoms with E-state index in [1.54, 1.807) is 18.9 Å². The molecule has 3 nitrogen and oxygen atoms in total. The summed E-state index contributed by atoms with van der Waals surface area (Å²) in [6.07, 6.45) is 1.99. The Bertz CT molecular complexity index is 315. The fraction of sp³-hybridized carbons (Fsp3) is 0.400. The van der Waals surface area contributed by atoms with Crippen molar-refractivity contribution < 1.29 is 9.94 Å². The molecule has 0 atom stereocenters. The molecular formula is C10H15NO2S. The van der Waals surface area contributed by atoms with Gasteiger partial charge in [-0.25, -0.2) is 0 Å². The Balaban J connectivity index is 3.01. The van der Waals surface area contributed by atoms with Crippen LogP contribution in [0, 0.1) is 6.92 Å². The summed E-state index contributed by atoms with van der Waals surface area (Å²) in [4.78, 5) is 5.84. The fourth-order valence-corrected chi connectivity index (χ4v) is 1.86. The van der Waals surface area contributed by atoms with Crippen molar-refractivity contribution in [1.82, 2.24) is 5.48 Å². The van der Waals surface area contributed by atoms with Crippen LogP contribution in [-0.4, -0.2) is 18.5 Å². The standard InChI is InChI=1S/C10H15NO2S/c1-7-4-5-9(14-3)8(10(7)12)6-11-13-2/h4-5,11-12H,6H2,1-3H3. The highest BCUT2D eigenvalue weighted by atomic mass is 32.2. The number of benzene rings is 1. The number of hydroxylamine groups is 1. The van der Waals surface area contributed by atoms with Crippen LogP contribution < -0.4 is 5.48 Å². The minimum absolute atomic E-state index is 0.349.